The molecule has 0 fully saturated rings. The summed E-state index contributed by atoms with van der Waals surface area (Å²) in [5.41, 5.74) is 2.48. The van der Waals surface area contributed by atoms with Gasteiger partial charge in [-0.2, -0.15) is 5.26 Å². The van der Waals surface area contributed by atoms with Gasteiger partial charge in [-0.15, -0.1) is 0 Å². The maximum Gasteiger partial charge on any atom is 0.269 e. The number of nitrogens with one attached hydrogen (secondary N) is 1. The monoisotopic (exact) mass is 491 g/mol. The molecule has 3 aromatic rings. The largest absolute Gasteiger partial charge is 0.493 e. The van der Waals surface area contributed by atoms with Gasteiger partial charge in [0.1, 0.15) is 18.2 Å². The highest BCUT2D eigenvalue weighted by Crippen LogP contribution is 2.37. The summed E-state index contributed by atoms with van der Waals surface area (Å²) in [6, 6.07) is 18.5. The number of nitriles is 1. The van der Waals surface area contributed by atoms with Gasteiger partial charge in [-0.3, -0.25) is 14.9 Å². The van der Waals surface area contributed by atoms with Crippen molar-refractivity contribution in [3.05, 3.63) is 98.1 Å². The average Bonchev–Trinajstić information content (AvgIpc) is 2.86. The van der Waals surface area contributed by atoms with E-state index in [-0.39, 0.29) is 34.4 Å². The quantitative estimate of drug-likeness (QED) is 0.171. The van der Waals surface area contributed by atoms with Gasteiger partial charge in [-0.05, 0) is 47.4 Å². The van der Waals surface area contributed by atoms with Crippen LogP contribution in [0.3, 0.4) is 0 Å². The molecule has 0 radical (unpaired) electrons. The van der Waals surface area contributed by atoms with Gasteiger partial charge in [-0.1, -0.05) is 48.9 Å². The van der Waals surface area contributed by atoms with Gasteiger partial charge < -0.3 is 14.8 Å². The first-order chi connectivity index (χ1) is 16.9. The molecule has 0 aliphatic rings. The van der Waals surface area contributed by atoms with Crippen molar-refractivity contribution in [2.45, 2.75) is 20.0 Å². The minimum absolute atomic E-state index is 0.0234. The number of carbonyl (C=O) groups excluding carboxylic acids is 1. The van der Waals surface area contributed by atoms with E-state index in [0.717, 1.165) is 12.0 Å². The van der Waals surface area contributed by atoms with Crippen LogP contribution in [-0.2, 0) is 17.8 Å². The Balaban J connectivity index is 1.83. The van der Waals surface area contributed by atoms with Crippen LogP contribution in [0.15, 0.2) is 66.2 Å². The second kappa shape index (κ2) is 11.7. The van der Waals surface area contributed by atoms with E-state index in [1.54, 1.807) is 24.3 Å². The number of non-ortho nitro benzene ring substituents is 1. The number of benzene rings is 3. The third kappa shape index (κ3) is 6.37. The summed E-state index contributed by atoms with van der Waals surface area (Å²) in [4.78, 5) is 23.2. The molecule has 0 atom stereocenters. The van der Waals surface area contributed by atoms with Crippen LogP contribution in [0.4, 0.5) is 11.4 Å². The van der Waals surface area contributed by atoms with Crippen molar-refractivity contribution in [1.82, 2.24) is 0 Å². The highest BCUT2D eigenvalue weighted by atomic mass is 35.5. The van der Waals surface area contributed by atoms with E-state index in [0.29, 0.717) is 16.8 Å². The number of amides is 1. The Bertz CT molecular complexity index is 1330. The minimum Gasteiger partial charge on any atom is -0.493 e. The Morgan fingerprint density at radius 3 is 2.66 bits per heavy atom. The Labute approximate surface area is 207 Å². The first-order valence-corrected chi connectivity index (χ1v) is 11.0. The van der Waals surface area contributed by atoms with Crippen molar-refractivity contribution in [1.29, 1.82) is 5.26 Å². The molecule has 0 aromatic heterocycles. The summed E-state index contributed by atoms with van der Waals surface area (Å²) in [5.74, 6) is -0.0321. The second-order valence-corrected chi connectivity index (χ2v) is 7.79. The highest BCUT2D eigenvalue weighted by Gasteiger charge is 2.16. The van der Waals surface area contributed by atoms with Crippen molar-refractivity contribution >= 4 is 35.0 Å². The van der Waals surface area contributed by atoms with Crippen LogP contribution in [0, 0.1) is 21.4 Å². The number of hydrogen-bond acceptors (Lipinski definition) is 6. The molecular formula is C26H22ClN3O5. The number of rotatable bonds is 9. The van der Waals surface area contributed by atoms with Crippen molar-refractivity contribution in [3.63, 3.8) is 0 Å². The number of nitro benzene ring substituents is 1. The molecule has 0 aliphatic heterocycles. The molecule has 0 aliphatic carbocycles. The van der Waals surface area contributed by atoms with Gasteiger partial charge >= 0.3 is 0 Å². The lowest BCUT2D eigenvalue weighted by molar-refractivity contribution is -0.384. The van der Waals surface area contributed by atoms with Crippen molar-refractivity contribution in [3.8, 4) is 17.6 Å². The molecule has 1 N–H and O–H groups in total. The summed E-state index contributed by atoms with van der Waals surface area (Å²) in [6.07, 6.45) is 2.13. The van der Waals surface area contributed by atoms with Crippen LogP contribution in [-0.4, -0.2) is 17.9 Å². The van der Waals surface area contributed by atoms with Gasteiger partial charge in [0.15, 0.2) is 11.5 Å². The fourth-order valence-electron chi connectivity index (χ4n) is 3.33. The number of methoxy groups -OCH3 is 1. The van der Waals surface area contributed by atoms with Crippen molar-refractivity contribution in [2.75, 3.05) is 12.4 Å². The second-order valence-electron chi connectivity index (χ2n) is 7.38. The van der Waals surface area contributed by atoms with Gasteiger partial charge in [0.2, 0.25) is 0 Å². The SMILES string of the molecule is CCc1ccccc1NC(=O)/C(C#N)=C/c1cc(Cl)c(OCc2cccc([N+](=O)[O-])c2)c(OC)c1. The number of nitrogens with zero attached hydrogens (tertiary/aromatic N) is 2. The molecular weight excluding hydrogens is 470 g/mol. The summed E-state index contributed by atoms with van der Waals surface area (Å²) >= 11 is 6.41. The molecule has 0 saturated heterocycles. The molecule has 0 unspecified atom stereocenters. The normalized spacial score (nSPS) is 10.9. The third-order valence-electron chi connectivity index (χ3n) is 5.08. The van der Waals surface area contributed by atoms with E-state index < -0.39 is 10.8 Å². The van der Waals surface area contributed by atoms with E-state index >= 15 is 0 Å². The van der Waals surface area contributed by atoms with E-state index in [4.69, 9.17) is 21.1 Å². The Kier molecular flexibility index (Phi) is 8.43. The summed E-state index contributed by atoms with van der Waals surface area (Å²) in [6.45, 7) is 2.00. The maximum atomic E-state index is 12.7. The Morgan fingerprint density at radius 1 is 1.20 bits per heavy atom. The topological polar surface area (TPSA) is 114 Å². The first kappa shape index (κ1) is 25.3. The van der Waals surface area contributed by atoms with Crippen molar-refractivity contribution in [2.24, 2.45) is 0 Å². The zero-order valence-electron chi connectivity index (χ0n) is 19.1. The lowest BCUT2D eigenvalue weighted by Gasteiger charge is -2.14. The van der Waals surface area contributed by atoms with Crippen LogP contribution in [0.5, 0.6) is 11.5 Å². The Hall–Kier alpha value is -4.35. The molecule has 8 nitrogen and oxygen atoms in total. The minimum atomic E-state index is -0.547. The number of ether oxygens (including phenoxy) is 2. The number of nitro groups is 1. The number of aryl methyl sites for hydroxylation is 1. The van der Waals surface area contributed by atoms with Crippen LogP contribution < -0.4 is 14.8 Å². The lowest BCUT2D eigenvalue weighted by Crippen LogP contribution is -2.14. The first-order valence-electron chi connectivity index (χ1n) is 10.6. The molecule has 0 bridgehead atoms. The zero-order valence-corrected chi connectivity index (χ0v) is 19.8. The number of para-hydroxylation sites is 1. The van der Waals surface area contributed by atoms with Crippen molar-refractivity contribution < 1.29 is 19.2 Å². The predicted molar refractivity (Wildman–Crippen MR) is 133 cm³/mol. The van der Waals surface area contributed by atoms with Gasteiger partial charge in [-0.25, -0.2) is 0 Å². The van der Waals surface area contributed by atoms with Gasteiger partial charge in [0, 0.05) is 17.8 Å². The standard InChI is InChI=1S/C26H22ClN3O5/c1-3-19-8-4-5-10-23(19)29-26(31)20(15-28)11-18-13-22(27)25(24(14-18)34-2)35-16-17-7-6-9-21(12-17)30(32)33/h4-14H,3,16H2,1-2H3,(H,29,31)/b20-11+. The molecule has 0 saturated carbocycles. The van der Waals surface area contributed by atoms with E-state index in [9.17, 15) is 20.2 Å². The lowest BCUT2D eigenvalue weighted by atomic mass is 10.1. The molecule has 9 heteroatoms. The summed E-state index contributed by atoms with van der Waals surface area (Å²) in [5, 5.41) is 23.5. The smallest absolute Gasteiger partial charge is 0.269 e. The van der Waals surface area contributed by atoms with Crippen LogP contribution in [0.25, 0.3) is 6.08 Å². The maximum absolute atomic E-state index is 12.7. The van der Waals surface area contributed by atoms with Gasteiger partial charge in [0.05, 0.1) is 17.1 Å². The molecule has 0 heterocycles. The van der Waals surface area contributed by atoms with Gasteiger partial charge in [0.25, 0.3) is 11.6 Å². The zero-order chi connectivity index (χ0) is 25.4. The molecule has 1 amide bonds. The molecule has 3 rings (SSSR count). The summed E-state index contributed by atoms with van der Waals surface area (Å²) < 4.78 is 11.2. The highest BCUT2D eigenvalue weighted by molar-refractivity contribution is 6.32. The van der Waals surface area contributed by atoms with E-state index in [1.807, 2.05) is 31.2 Å². The molecule has 3 aromatic carbocycles. The number of carbonyl (C=O) groups is 1. The fourth-order valence-corrected chi connectivity index (χ4v) is 3.61. The number of halogens is 1. The van der Waals surface area contributed by atoms with Crippen LogP contribution in [0.1, 0.15) is 23.6 Å². The molecule has 35 heavy (non-hydrogen) atoms. The Morgan fingerprint density at radius 2 is 1.97 bits per heavy atom. The fraction of sp³-hybridized carbons (Fsp3) is 0.154. The third-order valence-corrected chi connectivity index (χ3v) is 5.36. The van der Waals surface area contributed by atoms with Crippen LogP contribution in [0.2, 0.25) is 5.02 Å². The summed E-state index contributed by atoms with van der Waals surface area (Å²) in [7, 11) is 1.43. The molecule has 0 spiro atoms. The molecule has 178 valence electrons. The number of anilines is 1. The van der Waals surface area contributed by atoms with Crippen LogP contribution >= 0.6 is 11.6 Å². The van der Waals surface area contributed by atoms with E-state index in [1.165, 1.54) is 31.4 Å². The van der Waals surface area contributed by atoms with E-state index in [2.05, 4.69) is 5.32 Å². The number of hydrogen-bond donors (Lipinski definition) is 1. The average molecular weight is 492 g/mol. The predicted octanol–water partition coefficient (Wildman–Crippen LogP) is 5.94.